The molecule has 0 fully saturated rings. The molecule has 0 aliphatic rings. The van der Waals surface area contributed by atoms with Crippen LogP contribution in [0.2, 0.25) is 0 Å². The molecule has 0 heterocycles. The summed E-state index contributed by atoms with van der Waals surface area (Å²) in [7, 11) is 1.32. The summed E-state index contributed by atoms with van der Waals surface area (Å²) < 4.78 is 10.1. The van der Waals surface area contributed by atoms with Crippen LogP contribution in [0.25, 0.3) is 0 Å². The van der Waals surface area contributed by atoms with Crippen LogP contribution in [-0.4, -0.2) is 19.8 Å². The van der Waals surface area contributed by atoms with Gasteiger partial charge in [-0.05, 0) is 6.07 Å². The Hall–Kier alpha value is -2.23. The first-order chi connectivity index (χ1) is 8.72. The summed E-state index contributed by atoms with van der Waals surface area (Å²) >= 11 is 0. The van der Waals surface area contributed by atoms with Gasteiger partial charge in [-0.2, -0.15) is 0 Å². The fourth-order valence-electron chi connectivity index (χ4n) is 1.47. The van der Waals surface area contributed by atoms with Crippen molar-refractivity contribution in [2.75, 3.05) is 13.7 Å². The van der Waals surface area contributed by atoms with Gasteiger partial charge in [0.1, 0.15) is 12.4 Å². The van der Waals surface area contributed by atoms with E-state index in [0.717, 1.165) is 5.56 Å². The van der Waals surface area contributed by atoms with Gasteiger partial charge < -0.3 is 14.8 Å². The Morgan fingerprint density at radius 2 is 2.17 bits per heavy atom. The van der Waals surface area contributed by atoms with Crippen molar-refractivity contribution in [2.24, 2.45) is 0 Å². The van der Waals surface area contributed by atoms with E-state index in [-0.39, 0.29) is 6.04 Å². The highest BCUT2D eigenvalue weighted by Crippen LogP contribution is 2.25. The Morgan fingerprint density at radius 3 is 2.78 bits per heavy atom. The Labute approximate surface area is 107 Å². The molecule has 1 atom stereocenters. The summed E-state index contributed by atoms with van der Waals surface area (Å²) in [6, 6.07) is 7.05. The van der Waals surface area contributed by atoms with E-state index in [1.807, 2.05) is 24.3 Å². The van der Waals surface area contributed by atoms with E-state index in [1.165, 1.54) is 7.11 Å². The van der Waals surface area contributed by atoms with Crippen molar-refractivity contribution < 1.29 is 14.3 Å². The van der Waals surface area contributed by atoms with E-state index in [0.29, 0.717) is 12.4 Å². The molecule has 0 saturated carbocycles. The molecular weight excluding hydrogens is 230 g/mol. The van der Waals surface area contributed by atoms with Crippen LogP contribution in [0, 0.1) is 0 Å². The number of rotatable bonds is 6. The van der Waals surface area contributed by atoms with Gasteiger partial charge in [0, 0.05) is 5.56 Å². The lowest BCUT2D eigenvalue weighted by atomic mass is 10.1. The summed E-state index contributed by atoms with van der Waals surface area (Å²) in [6.07, 6.45) is 2.76. The molecule has 1 rings (SSSR count). The number of methoxy groups -OCH3 is 1. The fraction of sp³-hybridized carbons (Fsp3) is 0.214. The fourth-order valence-corrected chi connectivity index (χ4v) is 1.47. The number of alkyl carbamates (subject to hydrolysis) is 1. The molecule has 1 amide bonds. The Morgan fingerprint density at radius 1 is 1.44 bits per heavy atom. The number of nitrogens with one attached hydrogen (secondary N) is 1. The molecule has 96 valence electrons. The second kappa shape index (κ2) is 7.17. The number of amides is 1. The van der Waals surface area contributed by atoms with Gasteiger partial charge in [0.25, 0.3) is 0 Å². The Bertz CT molecular complexity index is 429. The van der Waals surface area contributed by atoms with Gasteiger partial charge in [0.15, 0.2) is 0 Å². The lowest BCUT2D eigenvalue weighted by Crippen LogP contribution is -2.27. The van der Waals surface area contributed by atoms with E-state index in [2.05, 4.69) is 23.2 Å². The molecule has 0 bridgehead atoms. The lowest BCUT2D eigenvalue weighted by molar-refractivity contribution is 0.168. The van der Waals surface area contributed by atoms with Gasteiger partial charge in [-0.3, -0.25) is 0 Å². The summed E-state index contributed by atoms with van der Waals surface area (Å²) in [5.41, 5.74) is 0.819. The van der Waals surface area contributed by atoms with Gasteiger partial charge in [0.05, 0.1) is 13.2 Å². The number of hydrogen-bond donors (Lipinski definition) is 1. The molecule has 0 spiro atoms. The maximum Gasteiger partial charge on any atom is 0.407 e. The maximum absolute atomic E-state index is 11.2. The van der Waals surface area contributed by atoms with Crippen molar-refractivity contribution in [3.05, 3.63) is 55.1 Å². The quantitative estimate of drug-likeness (QED) is 0.786. The molecule has 4 nitrogen and oxygen atoms in total. The second-order valence-corrected chi connectivity index (χ2v) is 3.49. The molecular formula is C14H17NO3. The highest BCUT2D eigenvalue weighted by atomic mass is 16.5. The third-order valence-corrected chi connectivity index (χ3v) is 2.31. The molecule has 1 aromatic rings. The second-order valence-electron chi connectivity index (χ2n) is 3.49. The minimum absolute atomic E-state index is 0.363. The van der Waals surface area contributed by atoms with Gasteiger partial charge in [0.2, 0.25) is 0 Å². The molecule has 0 aliphatic carbocycles. The number of hydrogen-bond acceptors (Lipinski definition) is 3. The third-order valence-electron chi connectivity index (χ3n) is 2.31. The van der Waals surface area contributed by atoms with E-state index < -0.39 is 6.09 Å². The molecule has 0 aliphatic heterocycles. The van der Waals surface area contributed by atoms with Crippen molar-refractivity contribution in [3.8, 4) is 5.75 Å². The SMILES string of the molecule is C=CCOc1ccccc1C(C=C)NC(=O)OC. The average molecular weight is 247 g/mol. The first-order valence-corrected chi connectivity index (χ1v) is 5.52. The molecule has 1 unspecified atom stereocenters. The Balaban J connectivity index is 2.93. The van der Waals surface area contributed by atoms with Crippen LogP contribution in [0.15, 0.2) is 49.6 Å². The van der Waals surface area contributed by atoms with Gasteiger partial charge in [-0.25, -0.2) is 4.79 Å². The molecule has 0 saturated heterocycles. The average Bonchev–Trinajstić information content (AvgIpc) is 2.42. The van der Waals surface area contributed by atoms with Gasteiger partial charge in [-0.1, -0.05) is 36.9 Å². The molecule has 1 aromatic carbocycles. The number of carbonyl (C=O) groups is 1. The van der Waals surface area contributed by atoms with Crippen molar-refractivity contribution in [1.82, 2.24) is 5.32 Å². The monoisotopic (exact) mass is 247 g/mol. The van der Waals surface area contributed by atoms with Crippen LogP contribution in [0.1, 0.15) is 11.6 Å². The lowest BCUT2D eigenvalue weighted by Gasteiger charge is -2.17. The van der Waals surface area contributed by atoms with Crippen LogP contribution in [0.3, 0.4) is 0 Å². The summed E-state index contributed by atoms with van der Waals surface area (Å²) in [6.45, 7) is 7.70. The maximum atomic E-state index is 11.2. The molecule has 0 radical (unpaired) electrons. The van der Waals surface area contributed by atoms with E-state index in [9.17, 15) is 4.79 Å². The first-order valence-electron chi connectivity index (χ1n) is 5.52. The van der Waals surface area contributed by atoms with Crippen molar-refractivity contribution in [2.45, 2.75) is 6.04 Å². The standard InChI is InChI=1S/C14H17NO3/c1-4-10-18-13-9-7-6-8-11(13)12(5-2)15-14(16)17-3/h4-9,12H,1-2,10H2,3H3,(H,15,16). The highest BCUT2D eigenvalue weighted by Gasteiger charge is 2.15. The zero-order valence-electron chi connectivity index (χ0n) is 10.4. The van der Waals surface area contributed by atoms with Crippen LogP contribution < -0.4 is 10.1 Å². The number of para-hydroxylation sites is 1. The molecule has 0 aromatic heterocycles. The summed E-state index contributed by atoms with van der Waals surface area (Å²) in [5, 5.41) is 2.66. The highest BCUT2D eigenvalue weighted by molar-refractivity contribution is 5.68. The van der Waals surface area contributed by atoms with Crippen molar-refractivity contribution in [3.63, 3.8) is 0 Å². The largest absolute Gasteiger partial charge is 0.489 e. The van der Waals surface area contributed by atoms with Crippen LogP contribution in [-0.2, 0) is 4.74 Å². The van der Waals surface area contributed by atoms with Crippen molar-refractivity contribution in [1.29, 1.82) is 0 Å². The topological polar surface area (TPSA) is 47.6 Å². The van der Waals surface area contributed by atoms with Crippen LogP contribution in [0.5, 0.6) is 5.75 Å². The van der Waals surface area contributed by atoms with E-state index >= 15 is 0 Å². The third kappa shape index (κ3) is 3.66. The van der Waals surface area contributed by atoms with Gasteiger partial charge >= 0.3 is 6.09 Å². The minimum atomic E-state index is -0.515. The zero-order valence-corrected chi connectivity index (χ0v) is 10.4. The number of benzene rings is 1. The minimum Gasteiger partial charge on any atom is -0.489 e. The van der Waals surface area contributed by atoms with E-state index in [1.54, 1.807) is 12.2 Å². The normalized spacial score (nSPS) is 11.2. The predicted molar refractivity (Wildman–Crippen MR) is 70.6 cm³/mol. The van der Waals surface area contributed by atoms with Crippen LogP contribution in [0.4, 0.5) is 4.79 Å². The summed E-state index contributed by atoms with van der Waals surface area (Å²) in [4.78, 5) is 11.2. The number of carbonyl (C=O) groups excluding carboxylic acids is 1. The Kier molecular flexibility index (Phi) is 5.51. The molecule has 1 N–H and O–H groups in total. The van der Waals surface area contributed by atoms with Gasteiger partial charge in [-0.15, -0.1) is 6.58 Å². The summed E-state index contributed by atoms with van der Waals surface area (Å²) in [5.74, 6) is 0.679. The first kappa shape index (κ1) is 13.8. The van der Waals surface area contributed by atoms with E-state index in [4.69, 9.17) is 4.74 Å². The van der Waals surface area contributed by atoms with Crippen LogP contribution >= 0.6 is 0 Å². The molecule has 4 heteroatoms. The predicted octanol–water partition coefficient (Wildman–Crippen LogP) is 2.83. The number of ether oxygens (including phenoxy) is 2. The molecule has 18 heavy (non-hydrogen) atoms. The smallest absolute Gasteiger partial charge is 0.407 e. The zero-order chi connectivity index (χ0) is 13.4. The van der Waals surface area contributed by atoms with Crippen molar-refractivity contribution >= 4 is 6.09 Å².